The van der Waals surface area contributed by atoms with Crippen LogP contribution in [-0.2, 0) is 20.9 Å². The summed E-state index contributed by atoms with van der Waals surface area (Å²) in [5.41, 5.74) is 0.875. The Morgan fingerprint density at radius 1 is 0.941 bits per heavy atom. The van der Waals surface area contributed by atoms with Crippen molar-refractivity contribution in [3.05, 3.63) is 35.9 Å². The summed E-state index contributed by atoms with van der Waals surface area (Å²) in [6, 6.07) is 9.06. The van der Waals surface area contributed by atoms with E-state index in [9.17, 15) is 19.5 Å². The van der Waals surface area contributed by atoms with Crippen LogP contribution in [0, 0.1) is 23.7 Å². The van der Waals surface area contributed by atoms with Crippen molar-refractivity contribution in [2.45, 2.75) is 73.5 Å². The van der Waals surface area contributed by atoms with E-state index in [1.54, 1.807) is 0 Å². The molecule has 0 bridgehead atoms. The van der Waals surface area contributed by atoms with E-state index in [1.165, 1.54) is 4.90 Å². The van der Waals surface area contributed by atoms with Gasteiger partial charge in [0.2, 0.25) is 5.91 Å². The van der Waals surface area contributed by atoms with E-state index >= 15 is 0 Å². The zero-order chi connectivity index (χ0) is 25.7. The molecule has 2 atom stereocenters. The molecule has 34 heavy (non-hydrogen) atoms. The summed E-state index contributed by atoms with van der Waals surface area (Å²) < 4.78 is 5.44. The summed E-state index contributed by atoms with van der Waals surface area (Å²) in [4.78, 5) is 40.0. The number of carbonyl (C=O) groups excluding carboxylic acids is 3. The molecule has 1 aromatic carbocycles. The molecule has 1 rings (SSSR count). The van der Waals surface area contributed by atoms with Crippen LogP contribution < -0.4 is 5.32 Å². The Morgan fingerprint density at radius 3 is 2.09 bits per heavy atom. The second-order valence-corrected chi connectivity index (χ2v) is 10.4. The van der Waals surface area contributed by atoms with Crippen molar-refractivity contribution in [3.8, 4) is 0 Å². The molecule has 7 heteroatoms. The molecule has 0 fully saturated rings. The summed E-state index contributed by atoms with van der Waals surface area (Å²) in [5.74, 6) is -0.188. The van der Waals surface area contributed by atoms with Crippen LogP contribution in [0.5, 0.6) is 0 Å². The summed E-state index contributed by atoms with van der Waals surface area (Å²) in [6.45, 7) is 12.3. The summed E-state index contributed by atoms with van der Waals surface area (Å²) >= 11 is 0. The number of carbonyl (C=O) groups is 3. The first kappa shape index (κ1) is 29.6. The fourth-order valence-corrected chi connectivity index (χ4v) is 3.93. The molecule has 7 nitrogen and oxygen atoms in total. The molecule has 2 amide bonds. The Balaban J connectivity index is 2.80. The highest BCUT2D eigenvalue weighted by molar-refractivity contribution is 5.89. The number of aliphatic hydroxyl groups excluding tert-OH is 1. The Bertz CT molecular complexity index is 749. The smallest absolute Gasteiger partial charge is 0.410 e. The lowest BCUT2D eigenvalue weighted by molar-refractivity contribution is -0.131. The molecule has 0 radical (unpaired) electrons. The maximum Gasteiger partial charge on any atom is 0.410 e. The van der Waals surface area contributed by atoms with Gasteiger partial charge in [0.05, 0.1) is 19.2 Å². The lowest BCUT2D eigenvalue weighted by Crippen LogP contribution is -2.44. The number of nitrogens with zero attached hydrogens (tertiary/aromatic N) is 1. The lowest BCUT2D eigenvalue weighted by Gasteiger charge is -2.26. The first-order chi connectivity index (χ1) is 16.0. The van der Waals surface area contributed by atoms with Gasteiger partial charge in [-0.1, -0.05) is 71.9 Å². The average molecular weight is 477 g/mol. The van der Waals surface area contributed by atoms with Gasteiger partial charge in [0, 0.05) is 18.9 Å². The van der Waals surface area contributed by atoms with Gasteiger partial charge in [0.15, 0.2) is 5.78 Å². The van der Waals surface area contributed by atoms with Crippen LogP contribution in [-0.4, -0.2) is 53.5 Å². The van der Waals surface area contributed by atoms with E-state index in [1.807, 2.05) is 71.9 Å². The number of aliphatic hydroxyl groups is 1. The number of nitrogens with one attached hydrogen (secondary N) is 1. The molecular formula is C27H44N2O5. The molecule has 0 spiro atoms. The normalized spacial score (nSPS) is 13.1. The molecule has 1 aromatic rings. The topological polar surface area (TPSA) is 95.9 Å². The molecule has 0 saturated carbocycles. The van der Waals surface area contributed by atoms with Crippen LogP contribution >= 0.6 is 0 Å². The third-order valence-electron chi connectivity index (χ3n) is 5.34. The minimum atomic E-state index is -0.534. The highest BCUT2D eigenvalue weighted by atomic mass is 16.6. The first-order valence-corrected chi connectivity index (χ1v) is 12.4. The van der Waals surface area contributed by atoms with Crippen LogP contribution in [0.2, 0.25) is 0 Å². The number of hydrogen-bond donors (Lipinski definition) is 2. The van der Waals surface area contributed by atoms with E-state index in [0.29, 0.717) is 25.3 Å². The maximum absolute atomic E-state index is 13.0. The van der Waals surface area contributed by atoms with E-state index in [4.69, 9.17) is 4.74 Å². The molecular weight excluding hydrogens is 432 g/mol. The lowest BCUT2D eigenvalue weighted by atomic mass is 9.91. The van der Waals surface area contributed by atoms with E-state index in [-0.39, 0.29) is 55.7 Å². The summed E-state index contributed by atoms with van der Waals surface area (Å²) in [5, 5.41) is 12.5. The van der Waals surface area contributed by atoms with Gasteiger partial charge < -0.3 is 20.1 Å². The average Bonchev–Trinajstić information content (AvgIpc) is 2.75. The largest absolute Gasteiger partial charge is 0.445 e. The van der Waals surface area contributed by atoms with Crippen LogP contribution in [0.4, 0.5) is 4.79 Å². The van der Waals surface area contributed by atoms with Gasteiger partial charge >= 0.3 is 6.09 Å². The van der Waals surface area contributed by atoms with Crippen molar-refractivity contribution >= 4 is 17.8 Å². The van der Waals surface area contributed by atoms with Gasteiger partial charge in [-0.15, -0.1) is 0 Å². The molecule has 0 aromatic heterocycles. The van der Waals surface area contributed by atoms with Crippen molar-refractivity contribution in [3.63, 3.8) is 0 Å². The van der Waals surface area contributed by atoms with Crippen molar-refractivity contribution < 1.29 is 24.2 Å². The van der Waals surface area contributed by atoms with Gasteiger partial charge in [-0.2, -0.15) is 0 Å². The van der Waals surface area contributed by atoms with Crippen molar-refractivity contribution in [1.82, 2.24) is 10.2 Å². The number of ether oxygens (including phenoxy) is 1. The van der Waals surface area contributed by atoms with Gasteiger partial charge in [-0.05, 0) is 36.2 Å². The van der Waals surface area contributed by atoms with Crippen LogP contribution in [0.25, 0.3) is 0 Å². The van der Waals surface area contributed by atoms with Crippen LogP contribution in [0.3, 0.4) is 0 Å². The summed E-state index contributed by atoms with van der Waals surface area (Å²) in [6.07, 6.45) is 0.734. The monoisotopic (exact) mass is 476 g/mol. The zero-order valence-electron chi connectivity index (χ0n) is 21.8. The van der Waals surface area contributed by atoms with Crippen LogP contribution in [0.1, 0.15) is 66.4 Å². The van der Waals surface area contributed by atoms with E-state index in [2.05, 4.69) is 5.32 Å². The quantitative estimate of drug-likeness (QED) is 0.390. The third kappa shape index (κ3) is 12.2. The predicted molar refractivity (Wildman–Crippen MR) is 134 cm³/mol. The SMILES string of the molecule is CC(C)CC(CO)NC(=O)C(CC(=O)CN(CC(C)C)C(=O)OCc1ccccc1)CC(C)C. The Labute approximate surface area is 205 Å². The third-order valence-corrected chi connectivity index (χ3v) is 5.34. The summed E-state index contributed by atoms with van der Waals surface area (Å²) in [7, 11) is 0. The van der Waals surface area contributed by atoms with Gasteiger partial charge in [-0.3, -0.25) is 9.59 Å². The molecule has 192 valence electrons. The fourth-order valence-electron chi connectivity index (χ4n) is 3.93. The number of benzene rings is 1. The highest BCUT2D eigenvalue weighted by Crippen LogP contribution is 2.18. The Morgan fingerprint density at radius 2 is 1.56 bits per heavy atom. The minimum Gasteiger partial charge on any atom is -0.445 e. The standard InChI is InChI=1S/C27H44N2O5/c1-19(2)12-23(26(32)28-24(17-30)13-20(3)4)14-25(31)16-29(15-21(5)6)27(33)34-18-22-10-8-7-9-11-22/h7-11,19-21,23-24,30H,12-18H2,1-6H3,(H,28,32). The van der Waals surface area contributed by atoms with Gasteiger partial charge in [0.1, 0.15) is 6.61 Å². The Kier molecular flexibility index (Phi) is 13.5. The second kappa shape index (κ2) is 15.5. The zero-order valence-corrected chi connectivity index (χ0v) is 21.8. The molecule has 0 heterocycles. The van der Waals surface area contributed by atoms with Crippen molar-refractivity contribution in [2.75, 3.05) is 19.7 Å². The second-order valence-electron chi connectivity index (χ2n) is 10.4. The van der Waals surface area contributed by atoms with Gasteiger partial charge in [-0.25, -0.2) is 4.79 Å². The number of hydrogen-bond acceptors (Lipinski definition) is 5. The van der Waals surface area contributed by atoms with E-state index < -0.39 is 12.0 Å². The number of Topliss-reactive ketones (excluding diaryl/α,β-unsaturated/α-hetero) is 1. The number of amides is 2. The molecule has 2 N–H and O–H groups in total. The number of ketones is 1. The molecule has 0 aliphatic carbocycles. The molecule has 0 saturated heterocycles. The van der Waals surface area contributed by atoms with Gasteiger partial charge in [0.25, 0.3) is 0 Å². The first-order valence-electron chi connectivity index (χ1n) is 12.4. The maximum atomic E-state index is 13.0. The highest BCUT2D eigenvalue weighted by Gasteiger charge is 2.27. The van der Waals surface area contributed by atoms with E-state index in [0.717, 1.165) is 5.56 Å². The van der Waals surface area contributed by atoms with Crippen molar-refractivity contribution in [1.29, 1.82) is 0 Å². The molecule has 0 aliphatic rings. The molecule has 0 aliphatic heterocycles. The van der Waals surface area contributed by atoms with Crippen molar-refractivity contribution in [2.24, 2.45) is 23.7 Å². The fraction of sp³-hybridized carbons (Fsp3) is 0.667. The van der Waals surface area contributed by atoms with Crippen LogP contribution in [0.15, 0.2) is 30.3 Å². The Hall–Kier alpha value is -2.41. The predicted octanol–water partition coefficient (Wildman–Crippen LogP) is 4.43. The number of rotatable bonds is 15. The molecule has 2 unspecified atom stereocenters. The minimum absolute atomic E-state index is 0.0460.